The molecule has 2 aromatic carbocycles. The number of hydrogen-bond acceptors (Lipinski definition) is 5. The third-order valence-corrected chi connectivity index (χ3v) is 8.08. The van der Waals surface area contributed by atoms with Crippen LogP contribution < -0.4 is 5.32 Å². The number of carbonyl (C=O) groups excluding carboxylic acids is 2. The van der Waals surface area contributed by atoms with Gasteiger partial charge >= 0.3 is 0 Å². The average Bonchev–Trinajstić information content (AvgIpc) is 3.43. The fourth-order valence-electron chi connectivity index (χ4n) is 4.54. The Bertz CT molecular complexity index is 1360. The van der Waals surface area contributed by atoms with Gasteiger partial charge in [0.25, 0.3) is 5.91 Å². The van der Waals surface area contributed by atoms with Crippen LogP contribution in [-0.4, -0.2) is 37.4 Å². The molecule has 1 aromatic heterocycles. The Morgan fingerprint density at radius 3 is 2.56 bits per heavy atom. The number of unbranched alkanes of at least 4 members (excludes halogenated alkanes) is 5. The van der Waals surface area contributed by atoms with Crippen LogP contribution in [0.25, 0.3) is 17.3 Å². The van der Waals surface area contributed by atoms with E-state index in [4.69, 9.17) is 17.3 Å². The summed E-state index contributed by atoms with van der Waals surface area (Å²) in [6.07, 6.45) is 10.6. The normalized spacial score (nSPS) is 14.4. The van der Waals surface area contributed by atoms with Crippen molar-refractivity contribution >= 4 is 51.9 Å². The fourth-order valence-corrected chi connectivity index (χ4v) is 5.83. The minimum absolute atomic E-state index is 0.0556. The van der Waals surface area contributed by atoms with Crippen LogP contribution in [0.1, 0.15) is 62.1 Å². The number of thioether (sulfide) groups is 1. The van der Waals surface area contributed by atoms with E-state index in [1.165, 1.54) is 37.4 Å². The molecular formula is C31H36N4O2S2. The van der Waals surface area contributed by atoms with E-state index in [1.54, 1.807) is 9.58 Å². The van der Waals surface area contributed by atoms with Gasteiger partial charge in [0.15, 0.2) is 0 Å². The van der Waals surface area contributed by atoms with Gasteiger partial charge in [-0.15, -0.1) is 0 Å². The smallest absolute Gasteiger partial charge is 0.266 e. The standard InChI is InChI=1S/C31H36N4O2S2/c1-4-5-6-7-8-12-17-35-30(37)27(39-31(35)38)19-25-20-34(33-29(25)24-13-10-9-11-14-24)21-28(36)32-26-18-22(2)15-16-23(26)3/h9-11,13-16,18-20H,4-8,12,17,21H2,1-3H3,(H,32,36). The molecule has 204 valence electrons. The van der Waals surface area contributed by atoms with Crippen LogP contribution >= 0.6 is 24.0 Å². The van der Waals surface area contributed by atoms with Crippen molar-refractivity contribution in [1.82, 2.24) is 14.7 Å². The van der Waals surface area contributed by atoms with Crippen molar-refractivity contribution in [2.75, 3.05) is 11.9 Å². The predicted molar refractivity (Wildman–Crippen MR) is 165 cm³/mol. The lowest BCUT2D eigenvalue weighted by Crippen LogP contribution is -2.29. The van der Waals surface area contributed by atoms with Gasteiger partial charge in [-0.25, -0.2) is 0 Å². The highest BCUT2D eigenvalue weighted by atomic mass is 32.2. The molecule has 0 saturated carbocycles. The topological polar surface area (TPSA) is 67.2 Å². The molecular weight excluding hydrogens is 525 g/mol. The first-order valence-corrected chi connectivity index (χ1v) is 14.8. The largest absolute Gasteiger partial charge is 0.324 e. The van der Waals surface area contributed by atoms with Crippen LogP contribution in [0, 0.1) is 13.8 Å². The number of thiocarbonyl (C=S) groups is 1. The van der Waals surface area contributed by atoms with Crippen molar-refractivity contribution < 1.29 is 9.59 Å². The van der Waals surface area contributed by atoms with E-state index in [9.17, 15) is 9.59 Å². The van der Waals surface area contributed by atoms with Crippen molar-refractivity contribution in [3.8, 4) is 11.3 Å². The summed E-state index contributed by atoms with van der Waals surface area (Å²) in [7, 11) is 0. The number of anilines is 1. The Balaban J connectivity index is 1.51. The van der Waals surface area contributed by atoms with Gasteiger partial charge in [-0.1, -0.05) is 105 Å². The zero-order valence-corrected chi connectivity index (χ0v) is 24.5. The quantitative estimate of drug-likeness (QED) is 0.142. The summed E-state index contributed by atoms with van der Waals surface area (Å²) < 4.78 is 2.23. The minimum atomic E-state index is -0.164. The molecule has 0 radical (unpaired) electrons. The first-order chi connectivity index (χ1) is 18.9. The monoisotopic (exact) mass is 560 g/mol. The van der Waals surface area contributed by atoms with Gasteiger partial charge in [-0.05, 0) is 43.5 Å². The molecule has 1 aliphatic rings. The van der Waals surface area contributed by atoms with Gasteiger partial charge in [0.2, 0.25) is 5.91 Å². The van der Waals surface area contributed by atoms with Crippen LogP contribution in [0.5, 0.6) is 0 Å². The third-order valence-electron chi connectivity index (χ3n) is 6.71. The summed E-state index contributed by atoms with van der Waals surface area (Å²) in [6.45, 7) is 6.88. The van der Waals surface area contributed by atoms with Gasteiger partial charge in [0.1, 0.15) is 10.9 Å². The number of aryl methyl sites for hydroxylation is 2. The first kappa shape index (κ1) is 28.8. The molecule has 1 saturated heterocycles. The molecule has 1 N–H and O–H groups in total. The summed E-state index contributed by atoms with van der Waals surface area (Å²) in [6, 6.07) is 15.8. The van der Waals surface area contributed by atoms with Crippen molar-refractivity contribution in [3.05, 3.63) is 76.3 Å². The molecule has 1 fully saturated rings. The summed E-state index contributed by atoms with van der Waals surface area (Å²) in [5.41, 5.74) is 5.29. The number of hydrogen-bond donors (Lipinski definition) is 1. The number of carbonyl (C=O) groups is 2. The van der Waals surface area contributed by atoms with Crippen LogP contribution in [0.3, 0.4) is 0 Å². The maximum atomic E-state index is 13.2. The maximum absolute atomic E-state index is 13.2. The molecule has 1 aliphatic heterocycles. The minimum Gasteiger partial charge on any atom is -0.324 e. The van der Waals surface area contributed by atoms with E-state index in [0.717, 1.165) is 46.5 Å². The molecule has 0 atom stereocenters. The van der Waals surface area contributed by atoms with E-state index in [1.807, 2.05) is 74.7 Å². The molecule has 4 rings (SSSR count). The van der Waals surface area contributed by atoms with Crippen LogP contribution in [-0.2, 0) is 16.1 Å². The summed E-state index contributed by atoms with van der Waals surface area (Å²) in [5.74, 6) is -0.222. The average molecular weight is 561 g/mol. The van der Waals surface area contributed by atoms with E-state index in [2.05, 4.69) is 12.2 Å². The molecule has 3 aromatic rings. The Labute approximate surface area is 240 Å². The van der Waals surface area contributed by atoms with Crippen molar-refractivity contribution in [2.24, 2.45) is 0 Å². The second-order valence-electron chi connectivity index (χ2n) is 9.96. The Morgan fingerprint density at radius 2 is 1.79 bits per heavy atom. The van der Waals surface area contributed by atoms with Crippen LogP contribution in [0.15, 0.2) is 59.6 Å². The lowest BCUT2D eigenvalue weighted by Gasteiger charge is -2.13. The molecule has 2 heterocycles. The van der Waals surface area contributed by atoms with Gasteiger partial charge in [-0.3, -0.25) is 19.2 Å². The number of rotatable bonds is 12. The third kappa shape index (κ3) is 7.67. The second-order valence-corrected chi connectivity index (χ2v) is 11.6. The molecule has 6 nitrogen and oxygen atoms in total. The summed E-state index contributed by atoms with van der Waals surface area (Å²) in [5, 5.41) is 7.73. The second kappa shape index (κ2) is 13.7. The van der Waals surface area contributed by atoms with Gasteiger partial charge in [0, 0.05) is 29.6 Å². The summed E-state index contributed by atoms with van der Waals surface area (Å²) in [4.78, 5) is 28.4. The molecule has 0 spiro atoms. The Hall–Kier alpha value is -3.23. The van der Waals surface area contributed by atoms with Gasteiger partial charge in [0.05, 0.1) is 10.6 Å². The van der Waals surface area contributed by atoms with E-state index < -0.39 is 0 Å². The van der Waals surface area contributed by atoms with Crippen LogP contribution in [0.4, 0.5) is 5.69 Å². The summed E-state index contributed by atoms with van der Waals surface area (Å²) >= 11 is 6.89. The maximum Gasteiger partial charge on any atom is 0.266 e. The molecule has 8 heteroatoms. The van der Waals surface area contributed by atoms with Crippen molar-refractivity contribution in [1.29, 1.82) is 0 Å². The van der Waals surface area contributed by atoms with Gasteiger partial charge in [-0.2, -0.15) is 5.10 Å². The van der Waals surface area contributed by atoms with Crippen molar-refractivity contribution in [2.45, 2.75) is 65.8 Å². The zero-order valence-electron chi connectivity index (χ0n) is 22.9. The molecule has 39 heavy (non-hydrogen) atoms. The Kier molecular flexibility index (Phi) is 10.1. The van der Waals surface area contributed by atoms with E-state index in [-0.39, 0.29) is 18.4 Å². The van der Waals surface area contributed by atoms with Crippen molar-refractivity contribution in [3.63, 3.8) is 0 Å². The zero-order chi connectivity index (χ0) is 27.8. The number of aromatic nitrogens is 2. The number of nitrogens with zero attached hydrogens (tertiary/aromatic N) is 3. The predicted octanol–water partition coefficient (Wildman–Crippen LogP) is 7.37. The highest BCUT2D eigenvalue weighted by molar-refractivity contribution is 8.26. The first-order valence-electron chi connectivity index (χ1n) is 13.6. The molecule has 0 unspecified atom stereocenters. The number of nitrogens with one attached hydrogen (secondary N) is 1. The van der Waals surface area contributed by atoms with E-state index in [0.29, 0.717) is 15.8 Å². The SMILES string of the molecule is CCCCCCCCN1C(=O)C(=Cc2cn(CC(=O)Nc3cc(C)ccc3C)nc2-c2ccccc2)SC1=S. The Morgan fingerprint density at radius 1 is 1.05 bits per heavy atom. The number of amides is 2. The fraction of sp³-hybridized carbons (Fsp3) is 0.355. The lowest BCUT2D eigenvalue weighted by molar-refractivity contribution is -0.122. The molecule has 0 aliphatic carbocycles. The lowest BCUT2D eigenvalue weighted by atomic mass is 10.1. The highest BCUT2D eigenvalue weighted by Gasteiger charge is 2.32. The highest BCUT2D eigenvalue weighted by Crippen LogP contribution is 2.34. The molecule has 0 bridgehead atoms. The molecule has 2 amide bonds. The van der Waals surface area contributed by atoms with Crippen LogP contribution in [0.2, 0.25) is 0 Å². The number of benzene rings is 2. The van der Waals surface area contributed by atoms with Gasteiger partial charge < -0.3 is 5.32 Å². The van der Waals surface area contributed by atoms with E-state index >= 15 is 0 Å².